The van der Waals surface area contributed by atoms with Crippen LogP contribution in [0.2, 0.25) is 10.0 Å². The lowest BCUT2D eigenvalue weighted by Gasteiger charge is -2.19. The first-order valence-electron chi connectivity index (χ1n) is 6.83. The van der Waals surface area contributed by atoms with Gasteiger partial charge in [0.15, 0.2) is 0 Å². The summed E-state index contributed by atoms with van der Waals surface area (Å²) in [6.45, 7) is 0. The van der Waals surface area contributed by atoms with Crippen molar-refractivity contribution in [1.29, 1.82) is 0 Å². The molecule has 8 heteroatoms. The van der Waals surface area contributed by atoms with Crippen LogP contribution >= 0.6 is 39.1 Å². The number of halogens is 4. The molecule has 3 rings (SSSR count). The Morgan fingerprint density at radius 1 is 0.958 bits per heavy atom. The van der Waals surface area contributed by atoms with Crippen LogP contribution in [0.4, 0.5) is 10.3 Å². The minimum atomic E-state index is -0.597. The van der Waals surface area contributed by atoms with Crippen LogP contribution < -0.4 is 5.32 Å². The maximum atomic E-state index is 14.4. The SMILES string of the molecule is Fc1cc(Cl)cnc1[C@@H](Nc1ncc(Br)cn1)c1ccc(Cl)cc1. The highest BCUT2D eigenvalue weighted by Gasteiger charge is 2.21. The molecule has 24 heavy (non-hydrogen) atoms. The summed E-state index contributed by atoms with van der Waals surface area (Å²) < 4.78 is 15.1. The Labute approximate surface area is 156 Å². The summed E-state index contributed by atoms with van der Waals surface area (Å²) in [7, 11) is 0. The molecule has 0 unspecified atom stereocenters. The van der Waals surface area contributed by atoms with E-state index in [1.807, 2.05) is 0 Å². The maximum absolute atomic E-state index is 14.4. The predicted molar refractivity (Wildman–Crippen MR) is 95.9 cm³/mol. The minimum absolute atomic E-state index is 0.188. The fourth-order valence-electron chi connectivity index (χ4n) is 2.12. The third-order valence-corrected chi connectivity index (χ3v) is 4.07. The summed E-state index contributed by atoms with van der Waals surface area (Å²) in [5, 5.41) is 3.90. The molecule has 0 radical (unpaired) electrons. The molecule has 0 amide bonds. The average Bonchev–Trinajstić information content (AvgIpc) is 2.56. The second-order valence-electron chi connectivity index (χ2n) is 4.87. The van der Waals surface area contributed by atoms with E-state index < -0.39 is 11.9 Å². The van der Waals surface area contributed by atoms with Gasteiger partial charge in [0, 0.05) is 23.6 Å². The Morgan fingerprint density at radius 2 is 1.62 bits per heavy atom. The molecule has 2 heterocycles. The maximum Gasteiger partial charge on any atom is 0.223 e. The average molecular weight is 428 g/mol. The summed E-state index contributed by atoms with van der Waals surface area (Å²) in [6.07, 6.45) is 4.59. The zero-order chi connectivity index (χ0) is 17.1. The first-order chi connectivity index (χ1) is 11.5. The number of anilines is 1. The third-order valence-electron chi connectivity index (χ3n) is 3.21. The van der Waals surface area contributed by atoms with Gasteiger partial charge < -0.3 is 5.32 Å². The second-order valence-corrected chi connectivity index (χ2v) is 6.66. The van der Waals surface area contributed by atoms with Crippen molar-refractivity contribution in [2.75, 3.05) is 5.32 Å². The van der Waals surface area contributed by atoms with E-state index in [4.69, 9.17) is 23.2 Å². The van der Waals surface area contributed by atoms with Gasteiger partial charge in [-0.05, 0) is 39.7 Å². The molecule has 0 fully saturated rings. The summed E-state index contributed by atoms with van der Waals surface area (Å²) in [6, 6.07) is 7.64. The number of aromatic nitrogens is 3. The van der Waals surface area contributed by atoms with Gasteiger partial charge in [0.05, 0.1) is 15.5 Å². The van der Waals surface area contributed by atoms with Crippen LogP contribution in [-0.2, 0) is 0 Å². The van der Waals surface area contributed by atoms with Crippen molar-refractivity contribution in [3.63, 3.8) is 0 Å². The molecule has 2 aromatic heterocycles. The van der Waals surface area contributed by atoms with Gasteiger partial charge in [0.2, 0.25) is 5.95 Å². The number of nitrogens with one attached hydrogen (secondary N) is 1. The molecule has 1 aromatic carbocycles. The fourth-order valence-corrected chi connectivity index (χ4v) is 2.59. The minimum Gasteiger partial charge on any atom is -0.342 e. The lowest BCUT2D eigenvalue weighted by atomic mass is 10.0. The number of pyridine rings is 1. The van der Waals surface area contributed by atoms with Crippen LogP contribution in [0.1, 0.15) is 17.3 Å². The lowest BCUT2D eigenvalue weighted by molar-refractivity contribution is 0.591. The summed E-state index contributed by atoms with van der Waals surface area (Å²) in [5.41, 5.74) is 0.952. The Balaban J connectivity index is 2.02. The number of rotatable bonds is 4. The van der Waals surface area contributed by atoms with Gasteiger partial charge in [0.1, 0.15) is 11.5 Å². The number of benzene rings is 1. The van der Waals surface area contributed by atoms with Gasteiger partial charge in [-0.25, -0.2) is 14.4 Å². The van der Waals surface area contributed by atoms with E-state index >= 15 is 0 Å². The van der Waals surface area contributed by atoms with Crippen molar-refractivity contribution < 1.29 is 4.39 Å². The topological polar surface area (TPSA) is 50.7 Å². The molecular formula is C16H10BrCl2FN4. The van der Waals surface area contributed by atoms with Crippen LogP contribution in [0.15, 0.2) is 53.4 Å². The van der Waals surface area contributed by atoms with Gasteiger partial charge in [-0.1, -0.05) is 35.3 Å². The van der Waals surface area contributed by atoms with E-state index in [1.165, 1.54) is 12.3 Å². The van der Waals surface area contributed by atoms with Gasteiger partial charge >= 0.3 is 0 Å². The molecule has 0 spiro atoms. The number of hydrogen-bond donors (Lipinski definition) is 1. The molecule has 0 saturated carbocycles. The highest BCUT2D eigenvalue weighted by molar-refractivity contribution is 9.10. The molecule has 0 aliphatic heterocycles. The molecule has 0 bridgehead atoms. The number of hydrogen-bond acceptors (Lipinski definition) is 4. The fraction of sp³-hybridized carbons (Fsp3) is 0.0625. The molecular weight excluding hydrogens is 418 g/mol. The molecule has 4 nitrogen and oxygen atoms in total. The molecule has 1 N–H and O–H groups in total. The van der Waals surface area contributed by atoms with Crippen LogP contribution in [0.5, 0.6) is 0 Å². The molecule has 0 saturated heterocycles. The van der Waals surface area contributed by atoms with E-state index in [-0.39, 0.29) is 10.7 Å². The molecule has 122 valence electrons. The largest absolute Gasteiger partial charge is 0.342 e. The van der Waals surface area contributed by atoms with Crippen LogP contribution in [0.25, 0.3) is 0 Å². The van der Waals surface area contributed by atoms with Crippen LogP contribution in [-0.4, -0.2) is 15.0 Å². The Bertz CT molecular complexity index is 844. The number of nitrogens with zero attached hydrogens (tertiary/aromatic N) is 3. The smallest absolute Gasteiger partial charge is 0.223 e. The first kappa shape index (κ1) is 17.1. The van der Waals surface area contributed by atoms with Crippen LogP contribution in [0.3, 0.4) is 0 Å². The predicted octanol–water partition coefficient (Wildman–Crippen LogP) is 5.28. The van der Waals surface area contributed by atoms with Crippen molar-refractivity contribution in [3.8, 4) is 0 Å². The van der Waals surface area contributed by atoms with Gasteiger partial charge in [-0.3, -0.25) is 4.98 Å². The molecule has 1 atom stereocenters. The van der Waals surface area contributed by atoms with Crippen molar-refractivity contribution in [2.45, 2.75) is 6.04 Å². The highest BCUT2D eigenvalue weighted by Crippen LogP contribution is 2.28. The van der Waals surface area contributed by atoms with Crippen molar-refractivity contribution in [2.24, 2.45) is 0 Å². The molecule has 0 aliphatic rings. The van der Waals surface area contributed by atoms with E-state index in [9.17, 15) is 4.39 Å². The summed E-state index contributed by atoms with van der Waals surface area (Å²) >= 11 is 15.0. The van der Waals surface area contributed by atoms with E-state index in [0.29, 0.717) is 11.0 Å². The highest BCUT2D eigenvalue weighted by atomic mass is 79.9. The van der Waals surface area contributed by atoms with E-state index in [0.717, 1.165) is 10.0 Å². The summed E-state index contributed by atoms with van der Waals surface area (Å²) in [4.78, 5) is 12.4. The monoisotopic (exact) mass is 426 g/mol. The van der Waals surface area contributed by atoms with Gasteiger partial charge in [-0.2, -0.15) is 0 Å². The Kier molecular flexibility index (Phi) is 5.28. The third kappa shape index (κ3) is 4.01. The first-order valence-corrected chi connectivity index (χ1v) is 8.38. The zero-order valence-electron chi connectivity index (χ0n) is 12.0. The Hall–Kier alpha value is -1.76. The lowest BCUT2D eigenvalue weighted by Crippen LogP contribution is -2.17. The van der Waals surface area contributed by atoms with Crippen molar-refractivity contribution >= 4 is 45.1 Å². The normalized spacial score (nSPS) is 12.0. The Morgan fingerprint density at radius 3 is 2.25 bits per heavy atom. The van der Waals surface area contributed by atoms with E-state index in [1.54, 1.807) is 36.7 Å². The van der Waals surface area contributed by atoms with Gasteiger partial charge in [-0.15, -0.1) is 0 Å². The summed E-state index contributed by atoms with van der Waals surface area (Å²) in [5.74, 6) is -0.179. The molecule has 0 aliphatic carbocycles. The zero-order valence-corrected chi connectivity index (χ0v) is 15.1. The standard InChI is InChI=1S/C16H10BrCl2FN4/c17-10-6-22-16(23-7-10)24-14(9-1-3-11(18)4-2-9)15-13(20)5-12(19)8-21-15/h1-8,14H,(H,22,23,24)/t14-/m0/s1. The van der Waals surface area contributed by atoms with E-state index in [2.05, 4.69) is 36.2 Å². The quantitative estimate of drug-likeness (QED) is 0.615. The molecule has 3 aromatic rings. The van der Waals surface area contributed by atoms with Crippen LogP contribution in [0, 0.1) is 5.82 Å². The van der Waals surface area contributed by atoms with Gasteiger partial charge in [0.25, 0.3) is 0 Å². The second kappa shape index (κ2) is 7.42. The van der Waals surface area contributed by atoms with Crippen molar-refractivity contribution in [3.05, 3.63) is 80.5 Å². The van der Waals surface area contributed by atoms with Crippen molar-refractivity contribution in [1.82, 2.24) is 15.0 Å².